The molecule has 2 amide bonds. The molecule has 8 heteroatoms. The van der Waals surface area contributed by atoms with Crippen LogP contribution in [0.15, 0.2) is 18.2 Å². The summed E-state index contributed by atoms with van der Waals surface area (Å²) in [5.41, 5.74) is -1.20. The summed E-state index contributed by atoms with van der Waals surface area (Å²) < 4.78 is 19.2. The van der Waals surface area contributed by atoms with E-state index in [1.54, 1.807) is 11.0 Å². The van der Waals surface area contributed by atoms with E-state index in [-0.39, 0.29) is 25.5 Å². The Balaban J connectivity index is 1.71. The summed E-state index contributed by atoms with van der Waals surface area (Å²) in [5, 5.41) is 13.6. The van der Waals surface area contributed by atoms with Gasteiger partial charge in [0.15, 0.2) is 5.60 Å². The molecule has 1 aromatic rings. The lowest BCUT2D eigenvalue weighted by atomic mass is 9.90. The second kappa shape index (κ2) is 7.59. The summed E-state index contributed by atoms with van der Waals surface area (Å²) in [6.45, 7) is 1.90. The molecule has 2 aliphatic heterocycles. The standard InChI is InChI=1S/C18H24FN3O4/c1-26-14-3-4-15(19)13(9-14)10-22-7-2-5-18(25,17(22)24)12-21-8-6-20-16(23)11-21/h3-4,9,25H,2,5-8,10-12H2,1H3,(H,20,23)/t18-/m0/s1. The molecule has 0 unspecified atom stereocenters. The summed E-state index contributed by atoms with van der Waals surface area (Å²) >= 11 is 0. The monoisotopic (exact) mass is 365 g/mol. The number of β-amino-alcohol motifs (C(OH)–C–C–N with tert-alkyl or cyclic N) is 1. The topological polar surface area (TPSA) is 82.1 Å². The van der Waals surface area contributed by atoms with Crippen LogP contribution in [0, 0.1) is 5.82 Å². The predicted octanol–water partition coefficient (Wildman–Crippen LogP) is 0.120. The Kier molecular flexibility index (Phi) is 5.43. The Morgan fingerprint density at radius 3 is 2.88 bits per heavy atom. The highest BCUT2D eigenvalue weighted by Crippen LogP contribution is 2.27. The molecule has 2 heterocycles. The summed E-state index contributed by atoms with van der Waals surface area (Å²) in [7, 11) is 1.50. The zero-order valence-electron chi connectivity index (χ0n) is 14.8. The Labute approximate surface area is 151 Å². The highest BCUT2D eigenvalue weighted by molar-refractivity contribution is 5.86. The van der Waals surface area contributed by atoms with Gasteiger partial charge in [-0.2, -0.15) is 0 Å². The number of hydrogen-bond acceptors (Lipinski definition) is 5. The summed E-state index contributed by atoms with van der Waals surface area (Å²) in [6, 6.07) is 4.39. The third kappa shape index (κ3) is 3.96. The number of piperazine rings is 1. The molecule has 0 aliphatic carbocycles. The van der Waals surface area contributed by atoms with E-state index in [0.29, 0.717) is 43.8 Å². The van der Waals surface area contributed by atoms with Crippen LogP contribution in [-0.2, 0) is 16.1 Å². The molecule has 0 spiro atoms. The van der Waals surface area contributed by atoms with Crippen LogP contribution in [0.4, 0.5) is 4.39 Å². The maximum Gasteiger partial charge on any atom is 0.256 e. The fraction of sp³-hybridized carbons (Fsp3) is 0.556. The lowest BCUT2D eigenvalue weighted by Gasteiger charge is -2.41. The van der Waals surface area contributed by atoms with Gasteiger partial charge in [-0.25, -0.2) is 4.39 Å². The molecule has 0 bridgehead atoms. The van der Waals surface area contributed by atoms with E-state index in [0.717, 1.165) is 0 Å². The smallest absolute Gasteiger partial charge is 0.256 e. The first-order valence-corrected chi connectivity index (χ1v) is 8.74. The van der Waals surface area contributed by atoms with E-state index in [9.17, 15) is 19.1 Å². The van der Waals surface area contributed by atoms with Crippen LogP contribution in [0.5, 0.6) is 5.75 Å². The van der Waals surface area contributed by atoms with Gasteiger partial charge in [-0.05, 0) is 31.0 Å². The van der Waals surface area contributed by atoms with E-state index in [1.165, 1.54) is 24.1 Å². The minimum atomic E-state index is -1.55. The van der Waals surface area contributed by atoms with Crippen molar-refractivity contribution in [1.29, 1.82) is 0 Å². The second-order valence-electron chi connectivity index (χ2n) is 6.88. The van der Waals surface area contributed by atoms with Crippen LogP contribution in [-0.4, -0.2) is 72.2 Å². The number of benzene rings is 1. The Hall–Kier alpha value is -2.19. The minimum Gasteiger partial charge on any atom is -0.497 e. The predicted molar refractivity (Wildman–Crippen MR) is 92.0 cm³/mol. The number of nitrogens with zero attached hydrogens (tertiary/aromatic N) is 2. The Bertz CT molecular complexity index is 699. The van der Waals surface area contributed by atoms with Crippen LogP contribution in [0.1, 0.15) is 18.4 Å². The molecular weight excluding hydrogens is 341 g/mol. The second-order valence-corrected chi connectivity index (χ2v) is 6.88. The molecule has 142 valence electrons. The highest BCUT2D eigenvalue weighted by Gasteiger charge is 2.44. The minimum absolute atomic E-state index is 0.0741. The van der Waals surface area contributed by atoms with Crippen molar-refractivity contribution in [3.63, 3.8) is 0 Å². The summed E-state index contributed by atoms with van der Waals surface area (Å²) in [6.07, 6.45) is 0.953. The van der Waals surface area contributed by atoms with Gasteiger partial charge in [0.2, 0.25) is 5.91 Å². The first-order valence-electron chi connectivity index (χ1n) is 8.74. The van der Waals surface area contributed by atoms with Gasteiger partial charge in [-0.3, -0.25) is 14.5 Å². The first-order chi connectivity index (χ1) is 12.4. The number of aliphatic hydroxyl groups is 1. The van der Waals surface area contributed by atoms with Gasteiger partial charge in [0.25, 0.3) is 5.91 Å². The van der Waals surface area contributed by atoms with Gasteiger partial charge < -0.3 is 20.1 Å². The van der Waals surface area contributed by atoms with Crippen LogP contribution in [0.2, 0.25) is 0 Å². The molecule has 26 heavy (non-hydrogen) atoms. The quantitative estimate of drug-likeness (QED) is 0.775. The van der Waals surface area contributed by atoms with E-state index in [4.69, 9.17) is 4.74 Å². The third-order valence-electron chi connectivity index (χ3n) is 4.92. The van der Waals surface area contributed by atoms with Crippen LogP contribution in [0.3, 0.4) is 0 Å². The molecule has 0 saturated carbocycles. The molecule has 1 aromatic carbocycles. The number of hydrogen-bond donors (Lipinski definition) is 2. The van der Waals surface area contributed by atoms with E-state index in [2.05, 4.69) is 5.32 Å². The Morgan fingerprint density at radius 1 is 1.35 bits per heavy atom. The Morgan fingerprint density at radius 2 is 2.15 bits per heavy atom. The number of likely N-dealkylation sites (tertiary alicyclic amines) is 1. The average molecular weight is 365 g/mol. The third-order valence-corrected chi connectivity index (χ3v) is 4.92. The zero-order chi connectivity index (χ0) is 18.7. The summed E-state index contributed by atoms with van der Waals surface area (Å²) in [4.78, 5) is 27.7. The van der Waals surface area contributed by atoms with Gasteiger partial charge in [-0.1, -0.05) is 0 Å². The number of methoxy groups -OCH3 is 1. The van der Waals surface area contributed by atoms with Gasteiger partial charge >= 0.3 is 0 Å². The van der Waals surface area contributed by atoms with Gasteiger partial charge in [0.1, 0.15) is 11.6 Å². The van der Waals surface area contributed by atoms with Crippen molar-refractivity contribution >= 4 is 11.8 Å². The molecule has 0 radical (unpaired) electrons. The largest absolute Gasteiger partial charge is 0.497 e. The normalized spacial score (nSPS) is 24.5. The maximum absolute atomic E-state index is 14.1. The van der Waals surface area contributed by atoms with Crippen LogP contribution >= 0.6 is 0 Å². The average Bonchev–Trinajstić information content (AvgIpc) is 2.61. The number of nitrogens with one attached hydrogen (secondary N) is 1. The molecule has 0 aromatic heterocycles. The van der Waals surface area contributed by atoms with Crippen molar-refractivity contribution in [2.45, 2.75) is 25.0 Å². The number of piperidine rings is 1. The molecular formula is C18H24FN3O4. The van der Waals surface area contributed by atoms with Crippen molar-refractivity contribution in [2.24, 2.45) is 0 Å². The fourth-order valence-electron chi connectivity index (χ4n) is 3.56. The van der Waals surface area contributed by atoms with Crippen LogP contribution < -0.4 is 10.1 Å². The molecule has 3 rings (SSSR count). The number of ether oxygens (including phenoxy) is 1. The SMILES string of the molecule is COc1ccc(F)c(CN2CCC[C@](O)(CN3CCNC(=O)C3)C2=O)c1. The van der Waals surface area contributed by atoms with Crippen molar-refractivity contribution < 1.29 is 23.8 Å². The van der Waals surface area contributed by atoms with Gasteiger partial charge in [0.05, 0.1) is 13.7 Å². The van der Waals surface area contributed by atoms with Crippen molar-refractivity contribution in [3.05, 3.63) is 29.6 Å². The highest BCUT2D eigenvalue weighted by atomic mass is 19.1. The van der Waals surface area contributed by atoms with Crippen molar-refractivity contribution in [1.82, 2.24) is 15.1 Å². The number of carbonyl (C=O) groups excluding carboxylic acids is 2. The molecule has 2 aliphatic rings. The van der Waals surface area contributed by atoms with E-state index < -0.39 is 17.3 Å². The fourth-order valence-corrected chi connectivity index (χ4v) is 3.56. The van der Waals surface area contributed by atoms with E-state index >= 15 is 0 Å². The lowest BCUT2D eigenvalue weighted by Crippen LogP contribution is -2.60. The van der Waals surface area contributed by atoms with E-state index in [1.807, 2.05) is 0 Å². The molecule has 2 N–H and O–H groups in total. The molecule has 2 fully saturated rings. The van der Waals surface area contributed by atoms with Gasteiger partial charge in [0, 0.05) is 38.3 Å². The number of rotatable bonds is 5. The van der Waals surface area contributed by atoms with Gasteiger partial charge in [-0.15, -0.1) is 0 Å². The zero-order valence-corrected chi connectivity index (χ0v) is 14.8. The first kappa shape index (κ1) is 18.6. The number of amides is 2. The molecule has 1 atom stereocenters. The number of carbonyl (C=O) groups is 2. The van der Waals surface area contributed by atoms with Crippen molar-refractivity contribution in [3.8, 4) is 5.75 Å². The van der Waals surface area contributed by atoms with Crippen LogP contribution in [0.25, 0.3) is 0 Å². The molecule has 2 saturated heterocycles. The lowest BCUT2D eigenvalue weighted by molar-refractivity contribution is -0.161. The number of halogens is 1. The maximum atomic E-state index is 14.1. The molecule has 7 nitrogen and oxygen atoms in total. The van der Waals surface area contributed by atoms with Crippen molar-refractivity contribution in [2.75, 3.05) is 39.8 Å². The summed E-state index contributed by atoms with van der Waals surface area (Å²) in [5.74, 6) is -0.434.